The predicted octanol–water partition coefficient (Wildman–Crippen LogP) is 3.04. The maximum Gasteiger partial charge on any atom is 0.414 e. The molecular formula is C25H32N2O7. The highest BCUT2D eigenvalue weighted by Crippen LogP contribution is 2.31. The molecule has 0 aromatic heterocycles. The third kappa shape index (κ3) is 8.08. The first-order chi connectivity index (χ1) is 16.2. The van der Waals surface area contributed by atoms with Crippen molar-refractivity contribution in [1.29, 1.82) is 0 Å². The van der Waals surface area contributed by atoms with Crippen molar-refractivity contribution in [3.05, 3.63) is 59.7 Å². The summed E-state index contributed by atoms with van der Waals surface area (Å²) in [4.78, 5) is 33.1. The molecule has 0 saturated carbocycles. The van der Waals surface area contributed by atoms with E-state index in [1.807, 2.05) is 56.3 Å². The van der Waals surface area contributed by atoms with Crippen LogP contribution in [-0.2, 0) is 20.9 Å². The summed E-state index contributed by atoms with van der Waals surface area (Å²) in [6.07, 6.45) is 1.67. The Morgan fingerprint density at radius 3 is 2.21 bits per heavy atom. The monoisotopic (exact) mass is 472 g/mol. The average Bonchev–Trinajstić information content (AvgIpc) is 2.83. The third-order valence-electron chi connectivity index (χ3n) is 5.58. The standard InChI is InChI=1S/C23H30N2O3.C2H2O4/c1-3-28-21-11-7-10-20(22(21)26)16-25-14-12-19(13-15-25)23(27)24-17(2)18-8-5-4-6-9-18;3-1(4)2(5)6/h4-11,17,19,26H,3,12-16H2,1-2H3,(H,24,27);(H,3,4)(H,5,6). The number of hydrogen-bond donors (Lipinski definition) is 4. The number of benzene rings is 2. The Kier molecular flexibility index (Phi) is 10.3. The van der Waals surface area contributed by atoms with Crippen LogP contribution in [0.5, 0.6) is 11.5 Å². The fourth-order valence-corrected chi connectivity index (χ4v) is 3.72. The number of carboxylic acids is 2. The zero-order chi connectivity index (χ0) is 25.1. The second-order valence-corrected chi connectivity index (χ2v) is 8.00. The predicted molar refractivity (Wildman–Crippen MR) is 126 cm³/mol. The van der Waals surface area contributed by atoms with Gasteiger partial charge in [0.15, 0.2) is 11.5 Å². The minimum atomic E-state index is -1.82. The van der Waals surface area contributed by atoms with Crippen LogP contribution in [0.4, 0.5) is 0 Å². The largest absolute Gasteiger partial charge is 0.504 e. The topological polar surface area (TPSA) is 136 Å². The lowest BCUT2D eigenvalue weighted by Crippen LogP contribution is -2.40. The van der Waals surface area contributed by atoms with Gasteiger partial charge in [0, 0.05) is 18.0 Å². The fraction of sp³-hybridized carbons (Fsp3) is 0.400. The Hall–Kier alpha value is -3.59. The number of rotatable bonds is 7. The van der Waals surface area contributed by atoms with Crippen LogP contribution in [0.3, 0.4) is 0 Å². The molecule has 1 amide bonds. The molecular weight excluding hydrogens is 440 g/mol. The Morgan fingerprint density at radius 1 is 1.03 bits per heavy atom. The van der Waals surface area contributed by atoms with Crippen LogP contribution in [0.25, 0.3) is 0 Å². The molecule has 1 atom stereocenters. The van der Waals surface area contributed by atoms with Crippen molar-refractivity contribution in [2.45, 2.75) is 39.3 Å². The number of nitrogens with one attached hydrogen (secondary N) is 1. The lowest BCUT2D eigenvalue weighted by molar-refractivity contribution is -0.159. The molecule has 3 rings (SSSR count). The molecule has 9 nitrogen and oxygen atoms in total. The third-order valence-corrected chi connectivity index (χ3v) is 5.58. The van der Waals surface area contributed by atoms with Crippen molar-refractivity contribution >= 4 is 17.8 Å². The van der Waals surface area contributed by atoms with E-state index in [2.05, 4.69) is 10.2 Å². The van der Waals surface area contributed by atoms with Gasteiger partial charge in [0.05, 0.1) is 12.6 Å². The number of para-hydroxylation sites is 1. The second kappa shape index (κ2) is 13.2. The number of carbonyl (C=O) groups excluding carboxylic acids is 1. The molecule has 0 aliphatic carbocycles. The quantitative estimate of drug-likeness (QED) is 0.452. The van der Waals surface area contributed by atoms with E-state index in [0.29, 0.717) is 18.9 Å². The van der Waals surface area contributed by atoms with E-state index in [9.17, 15) is 9.90 Å². The van der Waals surface area contributed by atoms with Gasteiger partial charge in [-0.05, 0) is 51.4 Å². The first-order valence-corrected chi connectivity index (χ1v) is 11.2. The van der Waals surface area contributed by atoms with E-state index < -0.39 is 11.9 Å². The van der Waals surface area contributed by atoms with Crippen molar-refractivity contribution in [3.63, 3.8) is 0 Å². The zero-order valence-electron chi connectivity index (χ0n) is 19.4. The van der Waals surface area contributed by atoms with E-state index in [-0.39, 0.29) is 23.6 Å². The summed E-state index contributed by atoms with van der Waals surface area (Å²) in [6, 6.07) is 15.7. The maximum absolute atomic E-state index is 12.6. The SMILES string of the molecule is CCOc1cccc(CN2CCC(C(=O)NC(C)c3ccccc3)CC2)c1O.O=C(O)C(=O)O. The van der Waals surface area contributed by atoms with Crippen molar-refractivity contribution in [2.75, 3.05) is 19.7 Å². The number of hydrogen-bond acceptors (Lipinski definition) is 6. The number of ether oxygens (including phenoxy) is 1. The molecule has 9 heteroatoms. The van der Waals surface area contributed by atoms with Crippen LogP contribution in [0.1, 0.15) is 43.9 Å². The number of aromatic hydroxyl groups is 1. The molecule has 1 saturated heterocycles. The van der Waals surface area contributed by atoms with E-state index >= 15 is 0 Å². The van der Waals surface area contributed by atoms with Crippen molar-refractivity contribution in [3.8, 4) is 11.5 Å². The highest BCUT2D eigenvalue weighted by atomic mass is 16.5. The highest BCUT2D eigenvalue weighted by Gasteiger charge is 2.26. The molecule has 0 radical (unpaired) electrons. The first-order valence-electron chi connectivity index (χ1n) is 11.2. The lowest BCUT2D eigenvalue weighted by atomic mass is 9.94. The second-order valence-electron chi connectivity index (χ2n) is 8.00. The van der Waals surface area contributed by atoms with E-state index in [0.717, 1.165) is 37.1 Å². The summed E-state index contributed by atoms with van der Waals surface area (Å²) < 4.78 is 5.47. The zero-order valence-corrected chi connectivity index (χ0v) is 19.4. The van der Waals surface area contributed by atoms with Crippen LogP contribution in [-0.4, -0.2) is 57.8 Å². The smallest absolute Gasteiger partial charge is 0.414 e. The van der Waals surface area contributed by atoms with Crippen LogP contribution in [0.2, 0.25) is 0 Å². The highest BCUT2D eigenvalue weighted by molar-refractivity contribution is 6.27. The Labute approximate surface area is 199 Å². The van der Waals surface area contributed by atoms with E-state index in [4.69, 9.17) is 24.5 Å². The Morgan fingerprint density at radius 2 is 1.65 bits per heavy atom. The maximum atomic E-state index is 12.6. The van der Waals surface area contributed by atoms with E-state index in [1.54, 1.807) is 6.07 Å². The van der Waals surface area contributed by atoms with Gasteiger partial charge in [-0.3, -0.25) is 9.69 Å². The van der Waals surface area contributed by atoms with Gasteiger partial charge >= 0.3 is 11.9 Å². The van der Waals surface area contributed by atoms with Gasteiger partial charge in [0.2, 0.25) is 5.91 Å². The summed E-state index contributed by atoms with van der Waals surface area (Å²) in [5.41, 5.74) is 1.99. The molecule has 1 fully saturated rings. The van der Waals surface area contributed by atoms with Gasteiger partial charge in [-0.1, -0.05) is 42.5 Å². The van der Waals surface area contributed by atoms with Crippen LogP contribution < -0.4 is 10.1 Å². The minimum absolute atomic E-state index is 0.0185. The molecule has 184 valence electrons. The van der Waals surface area contributed by atoms with Crippen molar-refractivity contribution < 1.29 is 34.4 Å². The molecule has 0 bridgehead atoms. The number of carbonyl (C=O) groups is 3. The summed E-state index contributed by atoms with van der Waals surface area (Å²) in [7, 11) is 0. The molecule has 34 heavy (non-hydrogen) atoms. The summed E-state index contributed by atoms with van der Waals surface area (Å²) in [5.74, 6) is -2.71. The van der Waals surface area contributed by atoms with Crippen molar-refractivity contribution in [2.24, 2.45) is 5.92 Å². The number of carboxylic acid groups (broad SMARTS) is 2. The number of likely N-dealkylation sites (tertiary alicyclic amines) is 1. The molecule has 1 aliphatic heterocycles. The molecule has 0 spiro atoms. The average molecular weight is 473 g/mol. The molecule has 4 N–H and O–H groups in total. The summed E-state index contributed by atoms with van der Waals surface area (Å²) in [5, 5.41) is 28.3. The van der Waals surface area contributed by atoms with Gasteiger partial charge in [0.25, 0.3) is 0 Å². The Balaban J connectivity index is 0.000000604. The van der Waals surface area contributed by atoms with Gasteiger partial charge in [0.1, 0.15) is 0 Å². The molecule has 2 aromatic rings. The number of amides is 1. The summed E-state index contributed by atoms with van der Waals surface area (Å²) >= 11 is 0. The Bertz CT molecular complexity index is 945. The van der Waals surface area contributed by atoms with Gasteiger partial charge in [-0.2, -0.15) is 0 Å². The normalized spacial score (nSPS) is 14.9. The lowest BCUT2D eigenvalue weighted by Gasteiger charge is -2.32. The van der Waals surface area contributed by atoms with Gasteiger partial charge in [-0.15, -0.1) is 0 Å². The molecule has 1 aliphatic rings. The van der Waals surface area contributed by atoms with Crippen LogP contribution in [0, 0.1) is 5.92 Å². The fourth-order valence-electron chi connectivity index (χ4n) is 3.72. The molecule has 2 aromatic carbocycles. The number of piperidine rings is 1. The number of phenolic OH excluding ortho intramolecular Hbond substituents is 1. The number of aliphatic carboxylic acids is 2. The number of nitrogens with zero attached hydrogens (tertiary/aromatic N) is 1. The van der Waals surface area contributed by atoms with Crippen molar-refractivity contribution in [1.82, 2.24) is 10.2 Å². The van der Waals surface area contributed by atoms with Gasteiger partial charge in [-0.25, -0.2) is 9.59 Å². The molecule has 1 unspecified atom stereocenters. The summed E-state index contributed by atoms with van der Waals surface area (Å²) in [6.45, 7) is 6.81. The first kappa shape index (κ1) is 26.7. The van der Waals surface area contributed by atoms with E-state index in [1.165, 1.54) is 0 Å². The van der Waals surface area contributed by atoms with Crippen LogP contribution >= 0.6 is 0 Å². The molecule has 1 heterocycles. The van der Waals surface area contributed by atoms with Crippen LogP contribution in [0.15, 0.2) is 48.5 Å². The number of phenols is 1. The van der Waals surface area contributed by atoms with Gasteiger partial charge < -0.3 is 25.4 Å². The minimum Gasteiger partial charge on any atom is -0.504 e.